The number of rotatable bonds is 6. The summed E-state index contributed by atoms with van der Waals surface area (Å²) in [6.45, 7) is 13.2. The lowest BCUT2D eigenvalue weighted by Crippen LogP contribution is -2.46. The Hall–Kier alpha value is -1.27. The molecule has 2 N–H and O–H groups in total. The van der Waals surface area contributed by atoms with Crippen molar-refractivity contribution in [2.45, 2.75) is 77.5 Å². The molecule has 0 radical (unpaired) electrons. The Morgan fingerprint density at radius 1 is 0.967 bits per heavy atom. The van der Waals surface area contributed by atoms with E-state index in [1.807, 2.05) is 0 Å². The second-order valence-corrected chi connectivity index (χ2v) is 13.2. The summed E-state index contributed by atoms with van der Waals surface area (Å²) in [4.78, 5) is 2.52. The summed E-state index contributed by atoms with van der Waals surface area (Å²) >= 11 is 0. The molecule has 1 aromatic rings. The molecule has 1 saturated carbocycles. The topological polar surface area (TPSA) is 61.4 Å². The van der Waals surface area contributed by atoms with Gasteiger partial charge < -0.3 is 10.2 Å². The summed E-state index contributed by atoms with van der Waals surface area (Å²) < 4.78 is 26.9. The highest BCUT2D eigenvalue weighted by atomic mass is 32.2. The van der Waals surface area contributed by atoms with Crippen LogP contribution in [-0.4, -0.2) is 38.8 Å². The van der Waals surface area contributed by atoms with Crippen molar-refractivity contribution in [1.82, 2.24) is 4.72 Å². The highest BCUT2D eigenvalue weighted by Crippen LogP contribution is 2.29. The molecule has 2 aliphatic rings. The minimum atomic E-state index is -3.26. The Bertz CT molecular complexity index is 768. The summed E-state index contributed by atoms with van der Waals surface area (Å²) in [7, 11) is -3.26. The molecule has 1 aromatic carbocycles. The summed E-state index contributed by atoms with van der Waals surface area (Å²) in [6, 6.07) is 8.96. The third-order valence-electron chi connectivity index (χ3n) is 6.67. The lowest BCUT2D eigenvalue weighted by atomic mass is 9.86. The van der Waals surface area contributed by atoms with Gasteiger partial charge in [-0.25, -0.2) is 13.1 Å². The fourth-order valence-corrected chi connectivity index (χ4v) is 5.83. The van der Waals surface area contributed by atoms with Crippen LogP contribution in [0.3, 0.4) is 0 Å². The van der Waals surface area contributed by atoms with Gasteiger partial charge in [-0.3, -0.25) is 0 Å². The van der Waals surface area contributed by atoms with Crippen molar-refractivity contribution < 1.29 is 8.42 Å². The predicted octanol–water partition coefficient (Wildman–Crippen LogP) is 4.86. The molecule has 5 nitrogen and oxygen atoms in total. The summed E-state index contributed by atoms with van der Waals surface area (Å²) in [5.74, 6) is 2.12. The maximum atomic E-state index is 12.4. The second kappa shape index (κ2) is 9.47. The Labute approximate surface area is 184 Å². The SMILES string of the molecule is CC1C[C@@H](C)CN(c2ccc(NCC3CCC(NS(=O)(=O)C(C)(C)C)CC3)cc2)C1. The third kappa shape index (κ3) is 6.13. The Morgan fingerprint density at radius 3 is 2.07 bits per heavy atom. The van der Waals surface area contributed by atoms with Crippen LogP contribution in [0.4, 0.5) is 11.4 Å². The molecule has 1 aliphatic heterocycles. The van der Waals surface area contributed by atoms with E-state index in [9.17, 15) is 8.42 Å². The molecule has 6 heteroatoms. The van der Waals surface area contributed by atoms with Crippen molar-refractivity contribution in [2.75, 3.05) is 29.9 Å². The van der Waals surface area contributed by atoms with Crippen molar-refractivity contribution in [3.05, 3.63) is 24.3 Å². The molecule has 1 aliphatic carbocycles. The van der Waals surface area contributed by atoms with E-state index in [4.69, 9.17) is 0 Å². The highest BCUT2D eigenvalue weighted by molar-refractivity contribution is 7.90. The van der Waals surface area contributed by atoms with Crippen molar-refractivity contribution in [2.24, 2.45) is 17.8 Å². The van der Waals surface area contributed by atoms with Crippen LogP contribution in [-0.2, 0) is 10.0 Å². The van der Waals surface area contributed by atoms with Crippen molar-refractivity contribution in [1.29, 1.82) is 0 Å². The average molecular weight is 436 g/mol. The first kappa shape index (κ1) is 23.4. The van der Waals surface area contributed by atoms with E-state index in [-0.39, 0.29) is 6.04 Å². The summed E-state index contributed by atoms with van der Waals surface area (Å²) in [5.41, 5.74) is 2.50. The maximum absolute atomic E-state index is 12.4. The standard InChI is InChI=1S/C24H41N3O2S/c1-18-14-19(2)17-27(16-18)23-12-10-21(11-13-23)25-15-20-6-8-22(9-7-20)26-30(28,29)24(3,4)5/h10-13,18-20,22,25-26H,6-9,14-17H2,1-5H3/t18-,19?,20?,22?/m1/s1. The van der Waals surface area contributed by atoms with Gasteiger partial charge in [-0.05, 0) is 94.9 Å². The largest absolute Gasteiger partial charge is 0.385 e. The van der Waals surface area contributed by atoms with Crippen molar-refractivity contribution in [3.8, 4) is 0 Å². The molecule has 0 spiro atoms. The first-order chi connectivity index (χ1) is 14.0. The average Bonchev–Trinajstić information content (AvgIpc) is 2.66. The van der Waals surface area contributed by atoms with E-state index in [1.54, 1.807) is 20.8 Å². The van der Waals surface area contributed by atoms with Gasteiger partial charge in [0.05, 0.1) is 4.75 Å². The van der Waals surface area contributed by atoms with E-state index in [0.29, 0.717) is 5.92 Å². The van der Waals surface area contributed by atoms with Gasteiger partial charge in [-0.15, -0.1) is 0 Å². The van der Waals surface area contributed by atoms with Crippen LogP contribution < -0.4 is 14.9 Å². The fourth-order valence-electron chi connectivity index (χ4n) is 4.81. The van der Waals surface area contributed by atoms with Crippen LogP contribution in [0.1, 0.15) is 66.7 Å². The Morgan fingerprint density at radius 2 is 1.53 bits per heavy atom. The van der Waals surface area contributed by atoms with Gasteiger partial charge in [0.2, 0.25) is 10.0 Å². The first-order valence-corrected chi connectivity index (χ1v) is 13.1. The van der Waals surface area contributed by atoms with Gasteiger partial charge in [0.1, 0.15) is 0 Å². The first-order valence-electron chi connectivity index (χ1n) is 11.6. The zero-order valence-corrected chi connectivity index (χ0v) is 20.3. The quantitative estimate of drug-likeness (QED) is 0.670. The minimum Gasteiger partial charge on any atom is -0.385 e. The molecule has 0 aromatic heterocycles. The normalized spacial score (nSPS) is 28.4. The molecule has 1 unspecified atom stereocenters. The second-order valence-electron chi connectivity index (χ2n) is 10.7. The Kier molecular flexibility index (Phi) is 7.39. The molecule has 2 atom stereocenters. The highest BCUT2D eigenvalue weighted by Gasteiger charge is 2.32. The molecule has 1 heterocycles. The number of sulfonamides is 1. The molecule has 30 heavy (non-hydrogen) atoms. The minimum absolute atomic E-state index is 0.0825. The number of piperidine rings is 1. The van der Waals surface area contributed by atoms with Crippen molar-refractivity contribution >= 4 is 21.4 Å². The van der Waals surface area contributed by atoms with Crippen LogP contribution in [0, 0.1) is 17.8 Å². The van der Waals surface area contributed by atoms with Gasteiger partial charge >= 0.3 is 0 Å². The lowest BCUT2D eigenvalue weighted by molar-refractivity contribution is 0.322. The number of nitrogens with one attached hydrogen (secondary N) is 2. The van der Waals surface area contributed by atoms with Crippen LogP contribution in [0.25, 0.3) is 0 Å². The van der Waals surface area contributed by atoms with Crippen LogP contribution >= 0.6 is 0 Å². The molecule has 0 bridgehead atoms. The van der Waals surface area contributed by atoms with E-state index in [2.05, 4.69) is 53.1 Å². The van der Waals surface area contributed by atoms with E-state index >= 15 is 0 Å². The van der Waals surface area contributed by atoms with E-state index < -0.39 is 14.8 Å². The predicted molar refractivity (Wildman–Crippen MR) is 128 cm³/mol. The molecule has 1 saturated heterocycles. The number of anilines is 2. The lowest BCUT2D eigenvalue weighted by Gasteiger charge is -2.36. The van der Waals surface area contributed by atoms with Gasteiger partial charge in [-0.1, -0.05) is 13.8 Å². The molecular weight excluding hydrogens is 394 g/mol. The van der Waals surface area contributed by atoms with Crippen molar-refractivity contribution in [3.63, 3.8) is 0 Å². The smallest absolute Gasteiger partial charge is 0.216 e. The third-order valence-corrected chi connectivity index (χ3v) is 8.93. The number of benzene rings is 1. The molecule has 170 valence electrons. The van der Waals surface area contributed by atoms with Gasteiger partial charge in [-0.2, -0.15) is 0 Å². The van der Waals surface area contributed by atoms with E-state index in [0.717, 1.165) is 57.2 Å². The molecule has 0 amide bonds. The zero-order chi connectivity index (χ0) is 21.9. The monoisotopic (exact) mass is 435 g/mol. The maximum Gasteiger partial charge on any atom is 0.216 e. The van der Waals surface area contributed by atoms with Gasteiger partial charge in [0, 0.05) is 37.1 Å². The number of nitrogens with zero attached hydrogens (tertiary/aromatic N) is 1. The number of hydrogen-bond donors (Lipinski definition) is 2. The molecular formula is C24H41N3O2S. The molecule has 2 fully saturated rings. The van der Waals surface area contributed by atoms with Crippen LogP contribution in [0.5, 0.6) is 0 Å². The van der Waals surface area contributed by atoms with E-state index in [1.165, 1.54) is 17.8 Å². The van der Waals surface area contributed by atoms with Gasteiger partial charge in [0.25, 0.3) is 0 Å². The molecule has 3 rings (SSSR count). The Balaban J connectivity index is 1.44. The van der Waals surface area contributed by atoms with Crippen LogP contribution in [0.15, 0.2) is 24.3 Å². The van der Waals surface area contributed by atoms with Gasteiger partial charge in [0.15, 0.2) is 0 Å². The summed E-state index contributed by atoms with van der Waals surface area (Å²) in [5, 5.41) is 3.59. The fraction of sp³-hybridized carbons (Fsp3) is 0.750. The zero-order valence-electron chi connectivity index (χ0n) is 19.4. The van der Waals surface area contributed by atoms with Crippen LogP contribution in [0.2, 0.25) is 0 Å². The number of hydrogen-bond acceptors (Lipinski definition) is 4. The summed E-state index contributed by atoms with van der Waals surface area (Å²) in [6.07, 6.45) is 5.30.